The van der Waals surface area contributed by atoms with E-state index in [-0.39, 0.29) is 12.2 Å². The summed E-state index contributed by atoms with van der Waals surface area (Å²) in [6.07, 6.45) is 0. The van der Waals surface area contributed by atoms with Crippen molar-refractivity contribution in [1.82, 2.24) is 4.98 Å². The molecule has 128 valence electrons. The number of esters is 1. The van der Waals surface area contributed by atoms with Gasteiger partial charge in [-0.15, -0.1) is 0 Å². The zero-order valence-electron chi connectivity index (χ0n) is 14.2. The van der Waals surface area contributed by atoms with Gasteiger partial charge in [0.05, 0.1) is 17.7 Å². The van der Waals surface area contributed by atoms with Crippen LogP contribution < -0.4 is 10.3 Å². The molecule has 0 bridgehead atoms. The number of ether oxygens (including phenoxy) is 2. The Morgan fingerprint density at radius 2 is 1.84 bits per heavy atom. The van der Waals surface area contributed by atoms with E-state index in [1.807, 2.05) is 32.0 Å². The smallest absolute Gasteiger partial charge is 0.338 e. The van der Waals surface area contributed by atoms with Crippen molar-refractivity contribution in [3.05, 3.63) is 75.6 Å². The Morgan fingerprint density at radius 1 is 1.08 bits per heavy atom. The fourth-order valence-electron chi connectivity index (χ4n) is 2.55. The van der Waals surface area contributed by atoms with Crippen molar-refractivity contribution < 1.29 is 14.3 Å². The molecule has 1 N–H and O–H groups in total. The molecule has 3 rings (SSSR count). The topological polar surface area (TPSA) is 68.4 Å². The standard InChI is InChI=1S/C20H19NO4/c1-3-24-17-8-6-14(7-9-17)20(23)25-12-16-11-15-5-4-13(2)10-18(15)21-19(16)22/h4-11H,3,12H2,1-2H3,(H,21,22). The van der Waals surface area contributed by atoms with E-state index in [0.29, 0.717) is 23.5 Å². The highest BCUT2D eigenvalue weighted by Crippen LogP contribution is 2.15. The number of carbonyl (C=O) groups is 1. The third-order valence-electron chi connectivity index (χ3n) is 3.84. The van der Waals surface area contributed by atoms with E-state index in [1.165, 1.54) is 0 Å². The van der Waals surface area contributed by atoms with E-state index in [9.17, 15) is 9.59 Å². The monoisotopic (exact) mass is 337 g/mol. The number of aryl methyl sites for hydroxylation is 1. The summed E-state index contributed by atoms with van der Waals surface area (Å²) in [6, 6.07) is 14.3. The predicted octanol–water partition coefficient (Wildman–Crippen LogP) is 3.59. The first-order valence-corrected chi connectivity index (χ1v) is 8.09. The number of aromatic amines is 1. The molecule has 3 aromatic rings. The van der Waals surface area contributed by atoms with Gasteiger partial charge >= 0.3 is 5.97 Å². The highest BCUT2D eigenvalue weighted by Gasteiger charge is 2.10. The normalized spacial score (nSPS) is 10.6. The van der Waals surface area contributed by atoms with Crippen LogP contribution in [0.3, 0.4) is 0 Å². The van der Waals surface area contributed by atoms with Gasteiger partial charge in [-0.1, -0.05) is 12.1 Å². The van der Waals surface area contributed by atoms with E-state index in [4.69, 9.17) is 9.47 Å². The van der Waals surface area contributed by atoms with Crippen LogP contribution in [0.5, 0.6) is 5.75 Å². The number of carbonyl (C=O) groups excluding carboxylic acids is 1. The lowest BCUT2D eigenvalue weighted by Gasteiger charge is -2.07. The van der Waals surface area contributed by atoms with Crippen LogP contribution in [0.1, 0.15) is 28.4 Å². The van der Waals surface area contributed by atoms with Gasteiger partial charge in [-0.25, -0.2) is 4.79 Å². The second-order valence-electron chi connectivity index (χ2n) is 5.75. The second-order valence-corrected chi connectivity index (χ2v) is 5.75. The summed E-state index contributed by atoms with van der Waals surface area (Å²) in [7, 11) is 0. The van der Waals surface area contributed by atoms with Crippen LogP contribution in [0.4, 0.5) is 0 Å². The van der Waals surface area contributed by atoms with Gasteiger partial charge in [0, 0.05) is 5.52 Å². The first-order valence-electron chi connectivity index (χ1n) is 8.09. The van der Waals surface area contributed by atoms with Crippen LogP contribution in [0.15, 0.2) is 53.3 Å². The van der Waals surface area contributed by atoms with Gasteiger partial charge in [0.2, 0.25) is 0 Å². The Balaban J connectivity index is 1.73. The quantitative estimate of drug-likeness (QED) is 0.722. The lowest BCUT2D eigenvalue weighted by molar-refractivity contribution is 0.0471. The number of pyridine rings is 1. The molecule has 0 saturated heterocycles. The van der Waals surface area contributed by atoms with Gasteiger partial charge in [-0.3, -0.25) is 4.79 Å². The number of H-pyrrole nitrogens is 1. The highest BCUT2D eigenvalue weighted by molar-refractivity contribution is 5.89. The minimum absolute atomic E-state index is 0.0782. The van der Waals surface area contributed by atoms with E-state index < -0.39 is 5.97 Å². The van der Waals surface area contributed by atoms with Crippen LogP contribution in [0.2, 0.25) is 0 Å². The van der Waals surface area contributed by atoms with Crippen LogP contribution >= 0.6 is 0 Å². The molecule has 2 aromatic carbocycles. The number of benzene rings is 2. The van der Waals surface area contributed by atoms with E-state index in [0.717, 1.165) is 16.5 Å². The number of hydrogen-bond acceptors (Lipinski definition) is 4. The van der Waals surface area contributed by atoms with Gasteiger partial charge in [0.25, 0.3) is 5.56 Å². The summed E-state index contributed by atoms with van der Waals surface area (Å²) in [5.74, 6) is 0.215. The third-order valence-corrected chi connectivity index (χ3v) is 3.84. The van der Waals surface area contributed by atoms with Gasteiger partial charge in [0.15, 0.2) is 0 Å². The molecule has 5 nitrogen and oxygen atoms in total. The lowest BCUT2D eigenvalue weighted by Crippen LogP contribution is -2.15. The summed E-state index contributed by atoms with van der Waals surface area (Å²) in [5, 5.41) is 0.900. The Bertz CT molecular complexity index is 958. The molecular weight excluding hydrogens is 318 g/mol. The number of nitrogens with one attached hydrogen (secondary N) is 1. The maximum atomic E-state index is 12.1. The Morgan fingerprint density at radius 3 is 2.56 bits per heavy atom. The molecule has 0 fully saturated rings. The molecule has 0 atom stereocenters. The van der Waals surface area contributed by atoms with Gasteiger partial charge in [0.1, 0.15) is 12.4 Å². The largest absolute Gasteiger partial charge is 0.494 e. The number of aromatic nitrogens is 1. The van der Waals surface area contributed by atoms with Gasteiger partial charge in [-0.05, 0) is 61.2 Å². The third kappa shape index (κ3) is 3.88. The molecule has 0 aliphatic carbocycles. The predicted molar refractivity (Wildman–Crippen MR) is 96.0 cm³/mol. The van der Waals surface area contributed by atoms with Gasteiger partial charge < -0.3 is 14.5 Å². The van der Waals surface area contributed by atoms with Crippen LogP contribution in [0, 0.1) is 6.92 Å². The SMILES string of the molecule is CCOc1ccc(C(=O)OCc2cc3ccc(C)cc3[nH]c2=O)cc1. The summed E-state index contributed by atoms with van der Waals surface area (Å²) < 4.78 is 10.6. The summed E-state index contributed by atoms with van der Waals surface area (Å²) in [5.41, 5.74) is 2.41. The van der Waals surface area contributed by atoms with E-state index in [2.05, 4.69) is 4.98 Å². The first kappa shape index (κ1) is 16.8. The Hall–Kier alpha value is -3.08. The Kier molecular flexibility index (Phi) is 4.84. The Labute approximate surface area is 145 Å². The molecule has 25 heavy (non-hydrogen) atoms. The summed E-state index contributed by atoms with van der Waals surface area (Å²) in [4.78, 5) is 27.1. The molecule has 0 unspecified atom stereocenters. The van der Waals surface area contributed by atoms with Crippen molar-refractivity contribution in [3.8, 4) is 5.75 Å². The molecule has 0 aliphatic heterocycles. The molecular formula is C20H19NO4. The van der Waals surface area contributed by atoms with E-state index >= 15 is 0 Å². The van der Waals surface area contributed by atoms with Crippen molar-refractivity contribution in [2.45, 2.75) is 20.5 Å². The molecule has 1 aromatic heterocycles. The van der Waals surface area contributed by atoms with Crippen LogP contribution in [-0.2, 0) is 11.3 Å². The summed E-state index contributed by atoms with van der Waals surface area (Å²) in [6.45, 7) is 4.34. The van der Waals surface area contributed by atoms with E-state index in [1.54, 1.807) is 30.3 Å². The molecule has 0 radical (unpaired) electrons. The maximum Gasteiger partial charge on any atom is 0.338 e. The van der Waals surface area contributed by atoms with Crippen molar-refractivity contribution in [1.29, 1.82) is 0 Å². The molecule has 1 heterocycles. The molecule has 0 spiro atoms. The average molecular weight is 337 g/mol. The van der Waals surface area contributed by atoms with Crippen molar-refractivity contribution in [2.75, 3.05) is 6.61 Å². The highest BCUT2D eigenvalue weighted by atomic mass is 16.5. The zero-order valence-corrected chi connectivity index (χ0v) is 14.2. The molecule has 5 heteroatoms. The first-order chi connectivity index (χ1) is 12.1. The molecule has 0 amide bonds. The maximum absolute atomic E-state index is 12.1. The minimum atomic E-state index is -0.480. The summed E-state index contributed by atoms with van der Waals surface area (Å²) >= 11 is 0. The molecule has 0 saturated carbocycles. The van der Waals surface area contributed by atoms with Crippen molar-refractivity contribution >= 4 is 16.9 Å². The van der Waals surface area contributed by atoms with Crippen molar-refractivity contribution in [3.63, 3.8) is 0 Å². The fourth-order valence-corrected chi connectivity index (χ4v) is 2.55. The van der Waals surface area contributed by atoms with Crippen LogP contribution in [-0.4, -0.2) is 17.6 Å². The number of hydrogen-bond donors (Lipinski definition) is 1. The number of rotatable bonds is 5. The van der Waals surface area contributed by atoms with Crippen molar-refractivity contribution in [2.24, 2.45) is 0 Å². The van der Waals surface area contributed by atoms with Crippen LogP contribution in [0.25, 0.3) is 10.9 Å². The lowest BCUT2D eigenvalue weighted by atomic mass is 10.1. The second kappa shape index (κ2) is 7.21. The average Bonchev–Trinajstić information content (AvgIpc) is 2.60. The minimum Gasteiger partial charge on any atom is -0.494 e. The fraction of sp³-hybridized carbons (Fsp3) is 0.200. The molecule has 0 aliphatic rings. The zero-order chi connectivity index (χ0) is 17.8. The number of fused-ring (bicyclic) bond motifs is 1. The van der Waals surface area contributed by atoms with Gasteiger partial charge in [-0.2, -0.15) is 0 Å².